The molecule has 0 amide bonds. The molecule has 1 heterocycles. The molecule has 0 aliphatic rings. The summed E-state index contributed by atoms with van der Waals surface area (Å²) < 4.78 is 37.9. The van der Waals surface area contributed by atoms with E-state index in [2.05, 4.69) is 10.4 Å². The normalized spacial score (nSPS) is 13.2. The monoisotopic (exact) mass is 316 g/mol. The van der Waals surface area contributed by atoms with E-state index in [4.69, 9.17) is 5.84 Å². The van der Waals surface area contributed by atoms with Gasteiger partial charge in [-0.1, -0.05) is 12.1 Å². The highest BCUT2D eigenvalue weighted by Gasteiger charge is 2.35. The average Bonchev–Trinajstić information content (AvgIpc) is 2.89. The number of hydrogen-bond donors (Lipinski definition) is 2. The zero-order chi connectivity index (χ0) is 15.6. The van der Waals surface area contributed by atoms with Crippen LogP contribution in [0.5, 0.6) is 0 Å². The summed E-state index contributed by atoms with van der Waals surface area (Å²) in [5.41, 5.74) is 4.27. The molecule has 1 aromatic carbocycles. The molecule has 1 aromatic heterocycles. The van der Waals surface area contributed by atoms with Gasteiger partial charge in [-0.3, -0.25) is 5.84 Å². The van der Waals surface area contributed by atoms with Crippen LogP contribution in [-0.4, -0.2) is 19.1 Å². The Hall–Kier alpha value is -1.64. The smallest absolute Gasteiger partial charge is 0.378 e. The highest BCUT2D eigenvalue weighted by molar-refractivity contribution is 7.11. The van der Waals surface area contributed by atoms with Crippen molar-refractivity contribution in [2.24, 2.45) is 5.84 Å². The number of anilines is 1. The second-order valence-corrected chi connectivity index (χ2v) is 5.72. The molecule has 2 aromatic rings. The summed E-state index contributed by atoms with van der Waals surface area (Å²) in [4.78, 5) is 5.75. The molecule has 0 bridgehead atoms. The van der Waals surface area contributed by atoms with Crippen LogP contribution in [0.3, 0.4) is 0 Å². The van der Waals surface area contributed by atoms with Crippen molar-refractivity contribution in [1.82, 2.24) is 10.4 Å². The van der Waals surface area contributed by atoms with Crippen LogP contribution in [0.25, 0.3) is 0 Å². The van der Waals surface area contributed by atoms with Gasteiger partial charge in [0.2, 0.25) is 0 Å². The molecule has 4 nitrogen and oxygen atoms in total. The predicted molar refractivity (Wildman–Crippen MR) is 77.1 cm³/mol. The zero-order valence-corrected chi connectivity index (χ0v) is 12.3. The van der Waals surface area contributed by atoms with E-state index in [0.717, 1.165) is 11.3 Å². The van der Waals surface area contributed by atoms with Crippen molar-refractivity contribution in [3.05, 3.63) is 45.9 Å². The summed E-state index contributed by atoms with van der Waals surface area (Å²) in [5.74, 6) is 5.52. The van der Waals surface area contributed by atoms with Crippen LogP contribution in [0.1, 0.15) is 21.5 Å². The Kier molecular flexibility index (Phi) is 4.50. The second-order valence-electron chi connectivity index (χ2n) is 4.65. The highest BCUT2D eigenvalue weighted by atomic mass is 32.1. The Balaban J connectivity index is 2.35. The number of nitrogens with two attached hydrogens (primary N) is 1. The van der Waals surface area contributed by atoms with Gasteiger partial charge in [-0.25, -0.2) is 10.4 Å². The van der Waals surface area contributed by atoms with Crippen LogP contribution in [0, 0.1) is 0 Å². The first kappa shape index (κ1) is 15.7. The van der Waals surface area contributed by atoms with Gasteiger partial charge in [-0.05, 0) is 17.7 Å². The molecule has 1 atom stereocenters. The molecule has 0 fully saturated rings. The molecule has 0 radical (unpaired) electrons. The van der Waals surface area contributed by atoms with Crippen LogP contribution in [0.4, 0.5) is 18.9 Å². The minimum absolute atomic E-state index is 0.417. The van der Waals surface area contributed by atoms with Crippen LogP contribution in [0.15, 0.2) is 30.5 Å². The number of nitrogens with one attached hydrogen (secondary N) is 1. The van der Waals surface area contributed by atoms with Crippen molar-refractivity contribution in [3.8, 4) is 0 Å². The number of rotatable bonds is 4. The van der Waals surface area contributed by atoms with Gasteiger partial charge in [0.05, 0.1) is 6.04 Å². The van der Waals surface area contributed by atoms with E-state index < -0.39 is 17.2 Å². The fraction of sp³-hybridized carbons (Fsp3) is 0.308. The van der Waals surface area contributed by atoms with Gasteiger partial charge in [0.25, 0.3) is 0 Å². The lowest BCUT2D eigenvalue weighted by Gasteiger charge is -2.18. The molecule has 0 saturated heterocycles. The quantitative estimate of drug-likeness (QED) is 0.673. The molecule has 0 aliphatic heterocycles. The first-order chi connectivity index (χ1) is 9.82. The molecular weight excluding hydrogens is 301 g/mol. The van der Waals surface area contributed by atoms with Crippen molar-refractivity contribution >= 4 is 17.0 Å². The number of nitrogens with zero attached hydrogens (tertiary/aromatic N) is 2. The van der Waals surface area contributed by atoms with Gasteiger partial charge in [-0.15, -0.1) is 11.3 Å². The number of hydrazine groups is 1. The molecule has 114 valence electrons. The summed E-state index contributed by atoms with van der Waals surface area (Å²) in [7, 11) is 3.77. The minimum Gasteiger partial charge on any atom is -0.378 e. The van der Waals surface area contributed by atoms with Crippen molar-refractivity contribution in [2.45, 2.75) is 12.2 Å². The van der Waals surface area contributed by atoms with E-state index in [1.54, 1.807) is 0 Å². The van der Waals surface area contributed by atoms with Gasteiger partial charge >= 0.3 is 6.18 Å². The maximum atomic E-state index is 12.6. The predicted octanol–water partition coefficient (Wildman–Crippen LogP) is 2.78. The third-order valence-corrected chi connectivity index (χ3v) is 4.04. The van der Waals surface area contributed by atoms with E-state index in [1.165, 1.54) is 6.20 Å². The summed E-state index contributed by atoms with van der Waals surface area (Å²) in [6, 6.07) is 6.90. The van der Waals surface area contributed by atoms with Gasteiger partial charge < -0.3 is 4.90 Å². The summed E-state index contributed by atoms with van der Waals surface area (Å²) >= 11 is 0.589. The number of thiazole rings is 1. The van der Waals surface area contributed by atoms with Crippen molar-refractivity contribution in [2.75, 3.05) is 19.0 Å². The number of halogens is 3. The van der Waals surface area contributed by atoms with E-state index >= 15 is 0 Å². The molecule has 2 rings (SSSR count). The lowest BCUT2D eigenvalue weighted by molar-refractivity contribution is -0.137. The minimum atomic E-state index is -4.44. The Morgan fingerprint density at radius 2 is 2.05 bits per heavy atom. The summed E-state index contributed by atoms with van der Waals surface area (Å²) in [6.45, 7) is 0. The molecule has 0 aliphatic carbocycles. The largest absolute Gasteiger partial charge is 0.443 e. The molecule has 0 spiro atoms. The molecule has 0 saturated carbocycles. The Labute approximate surface area is 124 Å². The lowest BCUT2D eigenvalue weighted by atomic mass is 10.1. The van der Waals surface area contributed by atoms with Gasteiger partial charge in [0.1, 0.15) is 0 Å². The Bertz CT molecular complexity index is 609. The van der Waals surface area contributed by atoms with E-state index in [1.807, 2.05) is 43.3 Å². The zero-order valence-electron chi connectivity index (χ0n) is 11.5. The standard InChI is InChI=1S/C13H15F3N4S/c1-20(2)9-5-3-4-8(6-9)11(19-17)10-7-18-12(21-10)13(14,15)16/h3-7,11,19H,17H2,1-2H3. The van der Waals surface area contributed by atoms with E-state index in [-0.39, 0.29) is 0 Å². The summed E-state index contributed by atoms with van der Waals surface area (Å²) in [5, 5.41) is -0.874. The molecule has 1 unspecified atom stereocenters. The Morgan fingerprint density at radius 3 is 2.57 bits per heavy atom. The van der Waals surface area contributed by atoms with Crippen LogP contribution < -0.4 is 16.2 Å². The van der Waals surface area contributed by atoms with Crippen molar-refractivity contribution < 1.29 is 13.2 Å². The Morgan fingerprint density at radius 1 is 1.33 bits per heavy atom. The molecule has 8 heteroatoms. The van der Waals surface area contributed by atoms with E-state index in [0.29, 0.717) is 16.2 Å². The van der Waals surface area contributed by atoms with Gasteiger partial charge in [0, 0.05) is 30.9 Å². The number of alkyl halides is 3. The SMILES string of the molecule is CN(C)c1cccc(C(NN)c2cnc(C(F)(F)F)s2)c1. The van der Waals surface area contributed by atoms with Crippen molar-refractivity contribution in [3.63, 3.8) is 0 Å². The topological polar surface area (TPSA) is 54.2 Å². The van der Waals surface area contributed by atoms with Crippen LogP contribution >= 0.6 is 11.3 Å². The average molecular weight is 316 g/mol. The fourth-order valence-corrected chi connectivity index (χ4v) is 2.75. The first-order valence-corrected chi connectivity index (χ1v) is 6.91. The highest BCUT2D eigenvalue weighted by Crippen LogP contribution is 2.36. The van der Waals surface area contributed by atoms with Crippen LogP contribution in [0.2, 0.25) is 0 Å². The maximum absolute atomic E-state index is 12.6. The fourth-order valence-electron chi connectivity index (χ4n) is 1.88. The third-order valence-electron chi connectivity index (χ3n) is 2.94. The molecule has 21 heavy (non-hydrogen) atoms. The number of benzene rings is 1. The third kappa shape index (κ3) is 3.52. The van der Waals surface area contributed by atoms with Crippen molar-refractivity contribution in [1.29, 1.82) is 0 Å². The lowest BCUT2D eigenvalue weighted by Crippen LogP contribution is -2.28. The van der Waals surface area contributed by atoms with E-state index in [9.17, 15) is 13.2 Å². The number of hydrogen-bond acceptors (Lipinski definition) is 5. The summed E-state index contributed by atoms with van der Waals surface area (Å²) in [6.07, 6.45) is -3.23. The molecular formula is C13H15F3N4S. The second kappa shape index (κ2) is 6.00. The van der Waals surface area contributed by atoms with Gasteiger partial charge in [-0.2, -0.15) is 13.2 Å². The first-order valence-electron chi connectivity index (χ1n) is 6.09. The molecule has 3 N–H and O–H groups in total. The maximum Gasteiger partial charge on any atom is 0.443 e. The van der Waals surface area contributed by atoms with Gasteiger partial charge in [0.15, 0.2) is 5.01 Å². The van der Waals surface area contributed by atoms with Crippen LogP contribution in [-0.2, 0) is 6.18 Å². The number of aromatic nitrogens is 1.